The molecule has 1 fully saturated rings. The van der Waals surface area contributed by atoms with Gasteiger partial charge in [-0.2, -0.15) is 0 Å². The van der Waals surface area contributed by atoms with Crippen LogP contribution in [0.4, 0.5) is 0 Å². The fourth-order valence-corrected chi connectivity index (χ4v) is 9.34. The van der Waals surface area contributed by atoms with Gasteiger partial charge in [0.2, 0.25) is 0 Å². The number of nitrogens with zero attached hydrogens (tertiary/aromatic N) is 2. The Morgan fingerprint density at radius 1 is 0.435 bits per heavy atom. The van der Waals surface area contributed by atoms with Gasteiger partial charge in [0.05, 0.1) is 22.3 Å². The van der Waals surface area contributed by atoms with E-state index in [1.807, 2.05) is 74.5 Å². The number of aryl methyl sites for hydroxylation is 4. The smallest absolute Gasteiger partial charge is 0.343 e. The van der Waals surface area contributed by atoms with E-state index in [1.165, 1.54) is 6.42 Å². The molecule has 0 amide bonds. The van der Waals surface area contributed by atoms with Gasteiger partial charge < -0.3 is 18.9 Å². The van der Waals surface area contributed by atoms with Crippen molar-refractivity contribution in [2.45, 2.75) is 118 Å². The molecule has 0 radical (unpaired) electrons. The Morgan fingerprint density at radius 2 is 0.783 bits per heavy atom. The second kappa shape index (κ2) is 22.5. The van der Waals surface area contributed by atoms with E-state index in [0.29, 0.717) is 66.8 Å². The first-order chi connectivity index (χ1) is 33.5. The minimum absolute atomic E-state index is 0.247. The summed E-state index contributed by atoms with van der Waals surface area (Å²) in [6, 6.07) is 36.4. The fraction of sp³-hybridized carbons (Fsp3) is 0.322. The number of benzene rings is 6. The third-order valence-electron chi connectivity index (χ3n) is 13.2. The quantitative estimate of drug-likeness (QED) is 0.122. The molecule has 0 aromatic heterocycles. The van der Waals surface area contributed by atoms with Crippen molar-refractivity contribution < 1.29 is 38.1 Å². The van der Waals surface area contributed by atoms with Crippen molar-refractivity contribution in [2.24, 2.45) is 0 Å². The van der Waals surface area contributed by atoms with Gasteiger partial charge in [-0.05, 0) is 136 Å². The average molecular weight is 927 g/mol. The lowest BCUT2D eigenvalue weighted by Gasteiger charge is -2.35. The Hall–Kier alpha value is -6.88. The first-order valence-corrected chi connectivity index (χ1v) is 24.4. The van der Waals surface area contributed by atoms with Gasteiger partial charge in [-0.3, -0.25) is 9.80 Å². The van der Waals surface area contributed by atoms with Crippen LogP contribution in [0.5, 0.6) is 23.0 Å². The maximum atomic E-state index is 13.9. The second-order valence-corrected chi connectivity index (χ2v) is 18.4. The molecule has 0 saturated heterocycles. The standard InChI is InChI=1S/C59H62N2O8/c1-6-30-60-35-47-31-39(4)14-26-52(47)66-56(62)43-18-22-45(23-19-43)58(64)68-54-28-16-41(7-2)33-49(54)37-61(51-12-10-9-11-13-51)38-50-34-42(8-3)17-29-55(50)69-59(65)46-24-20-44(21-25-46)57(63)67-53-27-15-40(5)32-48(53)36-60/h14-29,31-34,51H,6-13,30,35-38H2,1-5H3. The molecule has 11 rings (SSSR count). The molecule has 4 aliphatic heterocycles. The predicted molar refractivity (Wildman–Crippen MR) is 267 cm³/mol. The van der Waals surface area contributed by atoms with Gasteiger partial charge in [0.15, 0.2) is 0 Å². The minimum Gasteiger partial charge on any atom is -0.423 e. The van der Waals surface area contributed by atoms with Crippen molar-refractivity contribution in [3.05, 3.63) is 188 Å². The van der Waals surface area contributed by atoms with E-state index in [9.17, 15) is 19.2 Å². The van der Waals surface area contributed by atoms with Crippen LogP contribution in [0, 0.1) is 13.8 Å². The fourth-order valence-electron chi connectivity index (χ4n) is 9.34. The van der Waals surface area contributed by atoms with Crippen LogP contribution in [0.15, 0.2) is 121 Å². The van der Waals surface area contributed by atoms with Gasteiger partial charge in [-0.25, -0.2) is 19.2 Å². The molecule has 356 valence electrons. The molecule has 1 saturated carbocycles. The van der Waals surface area contributed by atoms with Crippen molar-refractivity contribution in [3.63, 3.8) is 0 Å². The van der Waals surface area contributed by atoms with Crippen LogP contribution >= 0.6 is 0 Å². The maximum Gasteiger partial charge on any atom is 0.343 e. The molecule has 10 heteroatoms. The van der Waals surface area contributed by atoms with Crippen molar-refractivity contribution in [3.8, 4) is 23.0 Å². The van der Waals surface area contributed by atoms with E-state index < -0.39 is 23.9 Å². The largest absolute Gasteiger partial charge is 0.423 e. The zero-order chi connectivity index (χ0) is 48.4. The summed E-state index contributed by atoms with van der Waals surface area (Å²) in [5.74, 6) is -0.391. The molecule has 0 spiro atoms. The molecule has 6 aromatic rings. The summed E-state index contributed by atoms with van der Waals surface area (Å²) in [6.45, 7) is 12.9. The maximum absolute atomic E-state index is 13.9. The number of rotatable bonds is 5. The average Bonchev–Trinajstić information content (AvgIpc) is 3.36. The van der Waals surface area contributed by atoms with Crippen LogP contribution < -0.4 is 18.9 Å². The number of hydrogen-bond donors (Lipinski definition) is 0. The van der Waals surface area contributed by atoms with Crippen LogP contribution in [-0.2, 0) is 39.0 Å². The molecule has 0 N–H and O–H groups in total. The molecule has 4 bridgehead atoms. The molecule has 0 atom stereocenters. The summed E-state index contributed by atoms with van der Waals surface area (Å²) in [5, 5.41) is 0. The van der Waals surface area contributed by atoms with Crippen LogP contribution in [0.3, 0.4) is 0 Å². The summed E-state index contributed by atoms with van der Waals surface area (Å²) in [7, 11) is 0. The molecule has 10 nitrogen and oxygen atoms in total. The highest BCUT2D eigenvalue weighted by atomic mass is 16.5. The van der Waals surface area contributed by atoms with E-state index in [-0.39, 0.29) is 17.2 Å². The second-order valence-electron chi connectivity index (χ2n) is 18.4. The van der Waals surface area contributed by atoms with E-state index in [4.69, 9.17) is 18.9 Å². The van der Waals surface area contributed by atoms with E-state index in [0.717, 1.165) is 89.5 Å². The van der Waals surface area contributed by atoms with Crippen LogP contribution in [0.25, 0.3) is 0 Å². The van der Waals surface area contributed by atoms with Crippen molar-refractivity contribution in [2.75, 3.05) is 6.54 Å². The van der Waals surface area contributed by atoms with Crippen molar-refractivity contribution in [1.29, 1.82) is 0 Å². The first kappa shape index (κ1) is 48.6. The Balaban J connectivity index is 1.17. The summed E-state index contributed by atoms with van der Waals surface area (Å²) < 4.78 is 24.6. The molecule has 1 aliphatic carbocycles. The van der Waals surface area contributed by atoms with Gasteiger partial charge >= 0.3 is 23.9 Å². The topological polar surface area (TPSA) is 112 Å². The molecule has 69 heavy (non-hydrogen) atoms. The van der Waals surface area contributed by atoms with Crippen molar-refractivity contribution >= 4 is 23.9 Å². The highest BCUT2D eigenvalue weighted by Gasteiger charge is 2.26. The third kappa shape index (κ3) is 12.2. The van der Waals surface area contributed by atoms with E-state index in [1.54, 1.807) is 48.5 Å². The zero-order valence-electron chi connectivity index (χ0n) is 40.5. The van der Waals surface area contributed by atoms with Gasteiger partial charge in [0.25, 0.3) is 0 Å². The highest BCUT2D eigenvalue weighted by Crippen LogP contribution is 2.33. The molecular formula is C59H62N2O8. The molecule has 0 unspecified atom stereocenters. The summed E-state index contributed by atoms with van der Waals surface area (Å²) in [4.78, 5) is 60.0. The highest BCUT2D eigenvalue weighted by molar-refractivity contribution is 5.96. The first-order valence-electron chi connectivity index (χ1n) is 24.4. The number of carbonyl (C=O) groups excluding carboxylic acids is 4. The van der Waals surface area contributed by atoms with Gasteiger partial charge in [0.1, 0.15) is 23.0 Å². The summed E-state index contributed by atoms with van der Waals surface area (Å²) in [6.07, 6.45) is 7.88. The zero-order valence-corrected chi connectivity index (χ0v) is 40.5. The predicted octanol–water partition coefficient (Wildman–Crippen LogP) is 12.4. The molecule has 4 heterocycles. The van der Waals surface area contributed by atoms with E-state index in [2.05, 4.69) is 42.7 Å². The minimum atomic E-state index is -0.551. The normalized spacial score (nSPS) is 16.0. The van der Waals surface area contributed by atoms with E-state index >= 15 is 0 Å². The van der Waals surface area contributed by atoms with Crippen LogP contribution in [-0.4, -0.2) is 46.3 Å². The number of ether oxygens (including phenoxy) is 4. The lowest BCUT2D eigenvalue weighted by atomic mass is 9.93. The third-order valence-corrected chi connectivity index (χ3v) is 13.2. The number of esters is 4. The summed E-state index contributed by atoms with van der Waals surface area (Å²) >= 11 is 0. The molecule has 5 aliphatic rings. The lowest BCUT2D eigenvalue weighted by molar-refractivity contribution is 0.0712. The Kier molecular flexibility index (Phi) is 15.8. The summed E-state index contributed by atoms with van der Waals surface area (Å²) in [5.41, 5.74) is 8.82. The van der Waals surface area contributed by atoms with Gasteiger partial charge in [-0.1, -0.05) is 99.7 Å². The number of hydrogen-bond acceptors (Lipinski definition) is 10. The van der Waals surface area contributed by atoms with Crippen LogP contribution in [0.1, 0.15) is 145 Å². The monoisotopic (exact) mass is 926 g/mol. The van der Waals surface area contributed by atoms with Crippen LogP contribution in [0.2, 0.25) is 0 Å². The lowest BCUT2D eigenvalue weighted by Crippen LogP contribution is -2.36. The molecule has 6 aromatic carbocycles. The SMILES string of the molecule is CCCN1Cc2cc(C)ccc2OC(=O)c2ccc(cc2)C(=O)Oc2ccc(CC)cc2CN(C2CCCCC2)Cc2cc(CC)ccc2OC(=O)c2ccc(cc2)C(=O)Oc2ccc(C)cc2C1. The Labute approximate surface area is 406 Å². The number of carbonyl (C=O) groups is 4. The van der Waals surface area contributed by atoms with Crippen molar-refractivity contribution in [1.82, 2.24) is 9.80 Å². The van der Waals surface area contributed by atoms with Gasteiger partial charge in [-0.15, -0.1) is 0 Å². The Bertz CT molecular complexity index is 2630. The molecular weight excluding hydrogens is 865 g/mol. The van der Waals surface area contributed by atoms with Gasteiger partial charge in [0, 0.05) is 54.5 Å². The Morgan fingerprint density at radius 3 is 1.13 bits per heavy atom.